The number of aryl methyl sites for hydroxylation is 1. The van der Waals surface area contributed by atoms with Crippen LogP contribution in [0.5, 0.6) is 0 Å². The first kappa shape index (κ1) is 20.9. The number of carboxylic acid groups (broad SMARTS) is 1. The van der Waals surface area contributed by atoms with Gasteiger partial charge in [0.2, 0.25) is 11.8 Å². The minimum Gasteiger partial charge on any atom is -0.481 e. The highest BCUT2D eigenvalue weighted by Gasteiger charge is 2.38. The Kier molecular flexibility index (Phi) is 6.96. The number of benzene rings is 1. The molecule has 1 heterocycles. The second-order valence-electron chi connectivity index (χ2n) is 7.38. The Morgan fingerprint density at radius 3 is 2.56 bits per heavy atom. The highest BCUT2D eigenvalue weighted by Crippen LogP contribution is 2.26. The maximum atomic E-state index is 12.6. The lowest BCUT2D eigenvalue weighted by Gasteiger charge is -2.29. The van der Waals surface area contributed by atoms with Gasteiger partial charge in [0.05, 0.1) is 24.5 Å². The van der Waals surface area contributed by atoms with E-state index in [0.29, 0.717) is 0 Å². The minimum absolute atomic E-state index is 0.0777. The van der Waals surface area contributed by atoms with E-state index < -0.39 is 17.4 Å². The standard InChI is InChI=1S/C20H28N2O5/c1-4-5-14-6-8-16(9-7-14)22-12-15(10-17(22)23)19(26)21-20(2,13-27-3)11-18(24)25/h6-9,15H,4-5,10-13H2,1-3H3,(H,21,26)(H,24,25). The second-order valence-corrected chi connectivity index (χ2v) is 7.38. The summed E-state index contributed by atoms with van der Waals surface area (Å²) in [7, 11) is 1.45. The number of rotatable bonds is 9. The molecule has 2 atom stereocenters. The Bertz CT molecular complexity index is 688. The van der Waals surface area contributed by atoms with E-state index >= 15 is 0 Å². The van der Waals surface area contributed by atoms with Crippen LogP contribution in [0, 0.1) is 5.92 Å². The molecule has 27 heavy (non-hydrogen) atoms. The van der Waals surface area contributed by atoms with Crippen molar-refractivity contribution in [1.29, 1.82) is 0 Å². The molecule has 7 nitrogen and oxygen atoms in total. The molecule has 148 valence electrons. The molecular formula is C20H28N2O5. The fourth-order valence-electron chi connectivity index (χ4n) is 3.45. The Hall–Kier alpha value is -2.41. The number of nitrogens with zero attached hydrogens (tertiary/aromatic N) is 1. The topological polar surface area (TPSA) is 95.9 Å². The third-order valence-electron chi connectivity index (χ3n) is 4.71. The van der Waals surface area contributed by atoms with Gasteiger partial charge in [-0.25, -0.2) is 0 Å². The van der Waals surface area contributed by atoms with E-state index in [1.165, 1.54) is 12.7 Å². The van der Waals surface area contributed by atoms with Gasteiger partial charge in [0, 0.05) is 25.8 Å². The molecule has 1 aromatic rings. The van der Waals surface area contributed by atoms with Crippen LogP contribution in [-0.4, -0.2) is 48.7 Å². The van der Waals surface area contributed by atoms with E-state index in [9.17, 15) is 14.4 Å². The van der Waals surface area contributed by atoms with Gasteiger partial charge in [0.1, 0.15) is 0 Å². The van der Waals surface area contributed by atoms with Gasteiger partial charge in [0.15, 0.2) is 0 Å². The smallest absolute Gasteiger partial charge is 0.305 e. The summed E-state index contributed by atoms with van der Waals surface area (Å²) in [6, 6.07) is 7.81. The minimum atomic E-state index is -1.02. The number of carboxylic acids is 1. The normalized spacial score (nSPS) is 19.0. The van der Waals surface area contributed by atoms with Crippen LogP contribution in [0.15, 0.2) is 24.3 Å². The number of methoxy groups -OCH3 is 1. The first-order valence-corrected chi connectivity index (χ1v) is 9.20. The molecular weight excluding hydrogens is 348 g/mol. The summed E-state index contributed by atoms with van der Waals surface area (Å²) in [5.74, 6) is -1.97. The Morgan fingerprint density at radius 1 is 1.33 bits per heavy atom. The van der Waals surface area contributed by atoms with E-state index in [1.54, 1.807) is 11.8 Å². The Morgan fingerprint density at radius 2 is 2.00 bits per heavy atom. The van der Waals surface area contributed by atoms with Crippen molar-refractivity contribution in [2.45, 2.75) is 45.1 Å². The number of amides is 2. The summed E-state index contributed by atoms with van der Waals surface area (Å²) >= 11 is 0. The van der Waals surface area contributed by atoms with Gasteiger partial charge in [0.25, 0.3) is 0 Å². The number of nitrogens with one attached hydrogen (secondary N) is 1. The lowest BCUT2D eigenvalue weighted by Crippen LogP contribution is -2.52. The largest absolute Gasteiger partial charge is 0.481 e. The van der Waals surface area contributed by atoms with E-state index in [-0.39, 0.29) is 37.8 Å². The highest BCUT2D eigenvalue weighted by atomic mass is 16.5. The SMILES string of the molecule is CCCc1ccc(N2CC(C(=O)NC(C)(COC)CC(=O)O)CC2=O)cc1. The first-order chi connectivity index (χ1) is 12.8. The van der Waals surface area contributed by atoms with E-state index in [4.69, 9.17) is 9.84 Å². The van der Waals surface area contributed by atoms with Crippen LogP contribution >= 0.6 is 0 Å². The molecule has 0 bridgehead atoms. The molecule has 2 N–H and O–H groups in total. The van der Waals surface area contributed by atoms with E-state index in [2.05, 4.69) is 12.2 Å². The summed E-state index contributed by atoms with van der Waals surface area (Å²) < 4.78 is 5.06. The number of anilines is 1. The monoisotopic (exact) mass is 376 g/mol. The van der Waals surface area contributed by atoms with Crippen molar-refractivity contribution in [3.63, 3.8) is 0 Å². The van der Waals surface area contributed by atoms with Crippen LogP contribution in [0.1, 0.15) is 38.7 Å². The molecule has 7 heteroatoms. The van der Waals surface area contributed by atoms with Gasteiger partial charge in [-0.2, -0.15) is 0 Å². The molecule has 2 amide bonds. The van der Waals surface area contributed by atoms with Crippen LogP contribution < -0.4 is 10.2 Å². The maximum absolute atomic E-state index is 12.6. The van der Waals surface area contributed by atoms with Crippen molar-refractivity contribution in [1.82, 2.24) is 5.32 Å². The molecule has 1 aliphatic rings. The molecule has 2 rings (SSSR count). The Balaban J connectivity index is 2.04. The molecule has 0 radical (unpaired) electrons. The molecule has 1 saturated heterocycles. The fourth-order valence-corrected chi connectivity index (χ4v) is 3.45. The molecule has 0 saturated carbocycles. The van der Waals surface area contributed by atoms with Crippen molar-refractivity contribution < 1.29 is 24.2 Å². The predicted molar refractivity (Wildman–Crippen MR) is 102 cm³/mol. The zero-order chi connectivity index (χ0) is 20.0. The number of carbonyl (C=O) groups is 3. The molecule has 0 aromatic heterocycles. The number of carbonyl (C=O) groups excluding carboxylic acids is 2. The summed E-state index contributed by atoms with van der Waals surface area (Å²) in [6.45, 7) is 4.11. The molecule has 1 aliphatic heterocycles. The van der Waals surface area contributed by atoms with Gasteiger partial charge in [-0.3, -0.25) is 14.4 Å². The lowest BCUT2D eigenvalue weighted by molar-refractivity contribution is -0.140. The lowest BCUT2D eigenvalue weighted by atomic mass is 9.97. The molecule has 2 unspecified atom stereocenters. The van der Waals surface area contributed by atoms with Crippen LogP contribution in [0.4, 0.5) is 5.69 Å². The van der Waals surface area contributed by atoms with Gasteiger partial charge in [-0.1, -0.05) is 25.5 Å². The number of ether oxygens (including phenoxy) is 1. The van der Waals surface area contributed by atoms with Crippen molar-refractivity contribution >= 4 is 23.5 Å². The van der Waals surface area contributed by atoms with Crippen molar-refractivity contribution in [2.75, 3.05) is 25.2 Å². The maximum Gasteiger partial charge on any atom is 0.305 e. The summed E-state index contributed by atoms with van der Waals surface area (Å²) in [6.07, 6.45) is 1.90. The first-order valence-electron chi connectivity index (χ1n) is 9.20. The van der Waals surface area contributed by atoms with Crippen LogP contribution in [0.3, 0.4) is 0 Å². The zero-order valence-electron chi connectivity index (χ0n) is 16.2. The van der Waals surface area contributed by atoms with Crippen LogP contribution in [0.2, 0.25) is 0 Å². The number of hydrogen-bond donors (Lipinski definition) is 2. The summed E-state index contributed by atoms with van der Waals surface area (Å²) in [4.78, 5) is 37.7. The van der Waals surface area contributed by atoms with E-state index in [1.807, 2.05) is 24.3 Å². The molecule has 0 aliphatic carbocycles. The number of hydrogen-bond acceptors (Lipinski definition) is 4. The third kappa shape index (κ3) is 5.53. The van der Waals surface area contributed by atoms with Gasteiger partial charge in [-0.15, -0.1) is 0 Å². The molecule has 1 fully saturated rings. The van der Waals surface area contributed by atoms with Gasteiger partial charge in [-0.05, 0) is 31.0 Å². The average Bonchev–Trinajstić information content (AvgIpc) is 2.97. The van der Waals surface area contributed by atoms with Crippen LogP contribution in [-0.2, 0) is 25.5 Å². The van der Waals surface area contributed by atoms with Crippen molar-refractivity contribution in [3.05, 3.63) is 29.8 Å². The van der Waals surface area contributed by atoms with Crippen molar-refractivity contribution in [2.24, 2.45) is 5.92 Å². The highest BCUT2D eigenvalue weighted by molar-refractivity contribution is 6.00. The summed E-state index contributed by atoms with van der Waals surface area (Å²) in [5, 5.41) is 11.8. The average molecular weight is 376 g/mol. The fraction of sp³-hybridized carbons (Fsp3) is 0.550. The molecule has 1 aromatic carbocycles. The predicted octanol–water partition coefficient (Wildman–Crippen LogP) is 1.99. The second kappa shape index (κ2) is 8.99. The quantitative estimate of drug-likeness (QED) is 0.687. The van der Waals surface area contributed by atoms with E-state index in [0.717, 1.165) is 18.5 Å². The number of aliphatic carboxylic acids is 1. The Labute approximate surface area is 159 Å². The summed E-state index contributed by atoms with van der Waals surface area (Å²) in [5.41, 5.74) is 0.974. The zero-order valence-corrected chi connectivity index (χ0v) is 16.2. The van der Waals surface area contributed by atoms with Crippen LogP contribution in [0.25, 0.3) is 0 Å². The van der Waals surface area contributed by atoms with Gasteiger partial charge < -0.3 is 20.1 Å². The van der Waals surface area contributed by atoms with Crippen molar-refractivity contribution in [3.8, 4) is 0 Å². The molecule has 0 spiro atoms. The van der Waals surface area contributed by atoms with Gasteiger partial charge >= 0.3 is 5.97 Å². The third-order valence-corrected chi connectivity index (χ3v) is 4.71.